The molecule has 16 nitrogen and oxygen atoms in total. The maximum Gasteiger partial charge on any atom is 0.201 e. The first-order valence-electron chi connectivity index (χ1n) is 23.4. The van der Waals surface area contributed by atoms with Crippen molar-refractivity contribution in [1.82, 2.24) is 30.0 Å². The average molecular weight is 841 g/mol. The zero-order valence-corrected chi connectivity index (χ0v) is 36.6. The molecule has 8 saturated heterocycles. The minimum absolute atomic E-state index is 0.126. The highest BCUT2D eigenvalue weighted by atomic mass is 17.3. The van der Waals surface area contributed by atoms with E-state index >= 15 is 0 Å². The van der Waals surface area contributed by atoms with Gasteiger partial charge in [-0.15, -0.1) is 10.2 Å². The van der Waals surface area contributed by atoms with Crippen LogP contribution in [0, 0.1) is 47.3 Å². The summed E-state index contributed by atoms with van der Waals surface area (Å²) in [6, 6.07) is 0. The highest BCUT2D eigenvalue weighted by Crippen LogP contribution is 2.62. The summed E-state index contributed by atoms with van der Waals surface area (Å²) in [6.07, 6.45) is 16.9. The second-order valence-electron chi connectivity index (χ2n) is 20.2. The smallest absolute Gasteiger partial charge is 0.201 e. The molecule has 8 aliphatic heterocycles. The first-order valence-corrected chi connectivity index (χ1v) is 23.4. The van der Waals surface area contributed by atoms with Crippen LogP contribution >= 0.6 is 0 Å². The van der Waals surface area contributed by atoms with Gasteiger partial charge in [-0.3, -0.25) is 9.36 Å². The predicted octanol–water partition coefficient (Wildman–Crippen LogP) is 7.36. The third kappa shape index (κ3) is 7.39. The molecule has 2 unspecified atom stereocenters. The fourth-order valence-electron chi connectivity index (χ4n) is 12.7. The molecule has 2 aliphatic carbocycles. The Hall–Kier alpha value is -2.12. The van der Waals surface area contributed by atoms with Crippen LogP contribution in [0.2, 0.25) is 0 Å². The Morgan fingerprint density at radius 1 is 0.567 bits per heavy atom. The molecule has 0 N–H and O–H groups in total. The standard InChI is InChI=1S/C44H68N6O10/c1-27-13-15-35-29(3)37(53-39-43(35)33(27)17-19-41(5,55-39)57-59-43)51-25-31-23-49(47-45-31)21-11-9-7-8-10-12-22-50-24-32(46-48-50)26-52-38-30(4)36-16-14-28(2)34-18-20-42(6)56-40(54-38)44(34,36)60-58-42/h23-24,27-30,33-40H,7-22,25-26H2,1-6H3/t27-,28-,29-,30-,33+,34+,35+,36+,37-,38-,39-,40-,41?,42?,43-,44-/m1/s1. The van der Waals surface area contributed by atoms with Gasteiger partial charge in [-0.2, -0.15) is 0 Å². The fourth-order valence-corrected chi connectivity index (χ4v) is 12.7. The van der Waals surface area contributed by atoms with Gasteiger partial charge in [0.1, 0.15) is 11.4 Å². The van der Waals surface area contributed by atoms with Crippen molar-refractivity contribution >= 4 is 0 Å². The van der Waals surface area contributed by atoms with E-state index < -0.39 is 47.9 Å². The lowest BCUT2D eigenvalue weighted by Gasteiger charge is -2.60. The van der Waals surface area contributed by atoms with Gasteiger partial charge in [-0.05, 0) is 88.9 Å². The third-order valence-corrected chi connectivity index (χ3v) is 16.2. The zero-order chi connectivity index (χ0) is 41.3. The Kier molecular flexibility index (Phi) is 11.5. The van der Waals surface area contributed by atoms with Crippen molar-refractivity contribution in [3.05, 3.63) is 23.8 Å². The summed E-state index contributed by atoms with van der Waals surface area (Å²) in [5.41, 5.74) is 0.444. The molecular formula is C44H68N6O10. The van der Waals surface area contributed by atoms with Crippen molar-refractivity contribution in [1.29, 1.82) is 0 Å². The minimum atomic E-state index is -0.796. The van der Waals surface area contributed by atoms with E-state index in [4.69, 9.17) is 48.0 Å². The van der Waals surface area contributed by atoms with Gasteiger partial charge in [0.05, 0.1) is 25.6 Å². The second-order valence-corrected chi connectivity index (χ2v) is 20.2. The molecule has 4 bridgehead atoms. The summed E-state index contributed by atoms with van der Waals surface area (Å²) >= 11 is 0. The summed E-state index contributed by atoms with van der Waals surface area (Å²) in [6.45, 7) is 15.3. The molecule has 2 spiro atoms. The number of nitrogens with zero attached hydrogens (tertiary/aromatic N) is 6. The normalized spacial score (nSPS) is 45.5. The number of hydrogen-bond acceptors (Lipinski definition) is 14. The van der Waals surface area contributed by atoms with Gasteiger partial charge < -0.3 is 28.4 Å². The second kappa shape index (κ2) is 16.5. The summed E-state index contributed by atoms with van der Waals surface area (Å²) in [5.74, 6) is 0.856. The van der Waals surface area contributed by atoms with Crippen molar-refractivity contribution in [3.8, 4) is 0 Å². The molecule has 2 aromatic heterocycles. The number of aryl methyl sites for hydroxylation is 2. The maximum atomic E-state index is 6.57. The van der Waals surface area contributed by atoms with E-state index in [2.05, 4.69) is 48.3 Å². The van der Waals surface area contributed by atoms with E-state index in [1.54, 1.807) is 0 Å². The van der Waals surface area contributed by atoms with Crippen molar-refractivity contribution in [2.45, 2.75) is 206 Å². The van der Waals surface area contributed by atoms with E-state index in [0.717, 1.165) is 88.7 Å². The topological polar surface area (TPSA) is 154 Å². The van der Waals surface area contributed by atoms with Crippen LogP contribution in [0.5, 0.6) is 0 Å². The summed E-state index contributed by atoms with van der Waals surface area (Å²) in [5, 5.41) is 17.6. The molecule has 0 radical (unpaired) electrons. The molecule has 12 rings (SSSR count). The number of aromatic nitrogens is 6. The van der Waals surface area contributed by atoms with Crippen LogP contribution in [0.4, 0.5) is 0 Å². The van der Waals surface area contributed by atoms with Gasteiger partial charge in [-0.25, -0.2) is 19.6 Å². The summed E-state index contributed by atoms with van der Waals surface area (Å²) in [7, 11) is 0. The molecule has 334 valence electrons. The van der Waals surface area contributed by atoms with Crippen molar-refractivity contribution < 1.29 is 48.0 Å². The van der Waals surface area contributed by atoms with Crippen LogP contribution in [0.3, 0.4) is 0 Å². The van der Waals surface area contributed by atoms with Crippen LogP contribution in [0.1, 0.15) is 143 Å². The lowest BCUT2D eigenvalue weighted by atomic mass is 9.58. The van der Waals surface area contributed by atoms with Crippen molar-refractivity contribution in [2.24, 2.45) is 47.3 Å². The summed E-state index contributed by atoms with van der Waals surface area (Å²) < 4.78 is 42.7. The van der Waals surface area contributed by atoms with Crippen LogP contribution in [-0.4, -0.2) is 77.9 Å². The fraction of sp³-hybridized carbons (Fsp3) is 0.909. The molecule has 16 atom stereocenters. The predicted molar refractivity (Wildman–Crippen MR) is 211 cm³/mol. The van der Waals surface area contributed by atoms with Crippen LogP contribution in [-0.2, 0) is 74.3 Å². The van der Waals surface area contributed by atoms with Crippen molar-refractivity contribution in [3.63, 3.8) is 0 Å². The Morgan fingerprint density at radius 3 is 1.45 bits per heavy atom. The first-order chi connectivity index (χ1) is 29.0. The number of rotatable bonds is 15. The van der Waals surface area contributed by atoms with Crippen LogP contribution in [0.25, 0.3) is 0 Å². The van der Waals surface area contributed by atoms with E-state index in [1.165, 1.54) is 25.7 Å². The average Bonchev–Trinajstić information content (AvgIpc) is 3.75. The molecule has 10 fully saturated rings. The third-order valence-electron chi connectivity index (χ3n) is 16.2. The van der Waals surface area contributed by atoms with Gasteiger partial charge in [-0.1, -0.05) is 63.8 Å². The Bertz CT molecular complexity index is 1670. The van der Waals surface area contributed by atoms with Gasteiger partial charge in [0.2, 0.25) is 11.6 Å². The molecular weight excluding hydrogens is 773 g/mol. The van der Waals surface area contributed by atoms with E-state index in [0.29, 0.717) is 36.9 Å². The minimum Gasteiger partial charge on any atom is -0.346 e. The number of fused-ring (bicyclic) bond motifs is 4. The number of unbranched alkanes of at least 4 members (excludes halogenated alkanes) is 5. The molecule has 0 aromatic carbocycles. The Balaban J connectivity index is 0.619. The maximum absolute atomic E-state index is 6.57. The molecule has 2 aromatic rings. The van der Waals surface area contributed by atoms with Gasteiger partial charge in [0.25, 0.3) is 0 Å². The molecule has 0 amide bonds. The SMILES string of the molecule is C[C@H]1[C@H](OCc2cn(CCCCCCCCn3cc(CO[C@@H]4O[C@@H]5OC6(C)CC[C@H]7[C@H](C)CC[C@@H]([C@H]4C)[C@@]57OO6)nn3)nn2)O[C@@H]2OC3(C)CC[C@H]4[C@H](C)CC[C@@H]1[C@@]24OO3. The first kappa shape index (κ1) is 41.9. The van der Waals surface area contributed by atoms with E-state index in [-0.39, 0.29) is 23.7 Å². The monoisotopic (exact) mass is 840 g/mol. The lowest BCUT2D eigenvalue weighted by Crippen LogP contribution is -2.70. The molecule has 10 aliphatic rings. The largest absolute Gasteiger partial charge is 0.346 e. The molecule has 60 heavy (non-hydrogen) atoms. The molecule has 16 heteroatoms. The Morgan fingerprint density at radius 2 is 1.00 bits per heavy atom. The van der Waals surface area contributed by atoms with Crippen molar-refractivity contribution in [2.75, 3.05) is 0 Å². The zero-order valence-electron chi connectivity index (χ0n) is 36.6. The van der Waals surface area contributed by atoms with E-state index in [9.17, 15) is 0 Å². The van der Waals surface area contributed by atoms with Gasteiger partial charge in [0, 0.05) is 49.6 Å². The van der Waals surface area contributed by atoms with Gasteiger partial charge in [0.15, 0.2) is 36.4 Å². The van der Waals surface area contributed by atoms with Crippen LogP contribution < -0.4 is 0 Å². The Labute approximate surface area is 354 Å². The highest BCUT2D eigenvalue weighted by Gasteiger charge is 2.71. The summed E-state index contributed by atoms with van der Waals surface area (Å²) in [4.78, 5) is 24.4. The number of hydrogen-bond donors (Lipinski definition) is 0. The van der Waals surface area contributed by atoms with Gasteiger partial charge >= 0.3 is 0 Å². The van der Waals surface area contributed by atoms with E-state index in [1.807, 2.05) is 35.6 Å². The number of ether oxygens (including phenoxy) is 6. The molecule has 10 heterocycles. The quantitative estimate of drug-likeness (QED) is 0.130. The van der Waals surface area contributed by atoms with Crippen LogP contribution in [0.15, 0.2) is 12.4 Å². The molecule has 2 saturated carbocycles. The lowest BCUT2D eigenvalue weighted by molar-refractivity contribution is -0.577. The highest BCUT2D eigenvalue weighted by molar-refractivity contribution is 5.11.